The normalized spacial score (nSPS) is 17.9. The molecule has 1 aliphatic rings. The van der Waals surface area contributed by atoms with Crippen molar-refractivity contribution in [3.63, 3.8) is 0 Å². The van der Waals surface area contributed by atoms with Gasteiger partial charge in [0.1, 0.15) is 12.2 Å². The van der Waals surface area contributed by atoms with Crippen molar-refractivity contribution in [2.75, 3.05) is 0 Å². The van der Waals surface area contributed by atoms with E-state index in [1.165, 1.54) is 6.33 Å². The Hall–Kier alpha value is -1.92. The van der Waals surface area contributed by atoms with Crippen LogP contribution in [0.15, 0.2) is 6.33 Å². The van der Waals surface area contributed by atoms with Gasteiger partial charge in [0, 0.05) is 18.4 Å². The van der Waals surface area contributed by atoms with Gasteiger partial charge in [0.25, 0.3) is 0 Å². The molecule has 7 heteroatoms. The third-order valence-corrected chi connectivity index (χ3v) is 4.11. The second-order valence-electron chi connectivity index (χ2n) is 5.99. The van der Waals surface area contributed by atoms with Crippen molar-refractivity contribution in [3.8, 4) is 0 Å². The maximum atomic E-state index is 12.1. The Morgan fingerprint density at radius 1 is 1.36 bits per heavy atom. The highest BCUT2D eigenvalue weighted by molar-refractivity contribution is 5.81. The molecule has 7 nitrogen and oxygen atoms in total. The van der Waals surface area contributed by atoms with Gasteiger partial charge in [-0.1, -0.05) is 19.8 Å². The van der Waals surface area contributed by atoms with Crippen LogP contribution in [0.25, 0.3) is 0 Å². The van der Waals surface area contributed by atoms with Crippen molar-refractivity contribution in [2.24, 2.45) is 5.92 Å². The molecule has 1 aromatic rings. The maximum absolute atomic E-state index is 12.1. The molecule has 1 aromatic heterocycles. The molecule has 0 radical (unpaired) electrons. The van der Waals surface area contributed by atoms with Gasteiger partial charge >= 0.3 is 0 Å². The fourth-order valence-electron chi connectivity index (χ4n) is 2.88. The highest BCUT2D eigenvalue weighted by atomic mass is 16.2. The Balaban J connectivity index is 1.76. The number of H-pyrrole nitrogens is 1. The Bertz CT molecular complexity index is 482. The van der Waals surface area contributed by atoms with E-state index < -0.39 is 0 Å². The highest BCUT2D eigenvalue weighted by Gasteiger charge is 2.24. The van der Waals surface area contributed by atoms with Crippen molar-refractivity contribution in [3.05, 3.63) is 12.2 Å². The number of nitrogens with zero attached hydrogens (tertiary/aromatic N) is 2. The second-order valence-corrected chi connectivity index (χ2v) is 5.99. The molecule has 1 saturated carbocycles. The molecule has 3 N–H and O–H groups in total. The van der Waals surface area contributed by atoms with Gasteiger partial charge in [-0.25, -0.2) is 4.98 Å². The molecular weight excluding hydrogens is 282 g/mol. The first-order valence-corrected chi connectivity index (χ1v) is 8.05. The SMILES string of the molecule is CC[C@H](NC(=O)C[C@H](C)NC(=O)C1CCCC1)c1ncn[nH]1. The van der Waals surface area contributed by atoms with Gasteiger partial charge in [-0.3, -0.25) is 14.7 Å². The van der Waals surface area contributed by atoms with E-state index in [9.17, 15) is 9.59 Å². The van der Waals surface area contributed by atoms with E-state index in [0.29, 0.717) is 5.82 Å². The Morgan fingerprint density at radius 3 is 2.68 bits per heavy atom. The largest absolute Gasteiger partial charge is 0.353 e. The number of carbonyl (C=O) groups excluding carboxylic acids is 2. The van der Waals surface area contributed by atoms with Gasteiger partial charge < -0.3 is 10.6 Å². The van der Waals surface area contributed by atoms with E-state index in [-0.39, 0.29) is 36.2 Å². The van der Waals surface area contributed by atoms with E-state index >= 15 is 0 Å². The molecule has 2 rings (SSSR count). The molecule has 2 atom stereocenters. The van der Waals surface area contributed by atoms with Crippen LogP contribution in [0.4, 0.5) is 0 Å². The summed E-state index contributed by atoms with van der Waals surface area (Å²) in [4.78, 5) is 28.2. The van der Waals surface area contributed by atoms with Crippen molar-refractivity contribution in [2.45, 2.75) is 64.5 Å². The van der Waals surface area contributed by atoms with Crippen LogP contribution in [0.2, 0.25) is 0 Å². The summed E-state index contributed by atoms with van der Waals surface area (Å²) in [5.41, 5.74) is 0. The number of aromatic nitrogens is 3. The van der Waals surface area contributed by atoms with Crippen LogP contribution in [-0.4, -0.2) is 33.0 Å². The number of hydrogen-bond donors (Lipinski definition) is 3. The molecule has 0 unspecified atom stereocenters. The molecule has 1 aliphatic carbocycles. The minimum absolute atomic E-state index is 0.0834. The molecule has 0 aromatic carbocycles. The average Bonchev–Trinajstić information content (AvgIpc) is 3.17. The predicted octanol–water partition coefficient (Wildman–Crippen LogP) is 1.46. The van der Waals surface area contributed by atoms with Crippen LogP contribution in [0, 0.1) is 5.92 Å². The van der Waals surface area contributed by atoms with Crippen molar-refractivity contribution in [1.29, 1.82) is 0 Å². The van der Waals surface area contributed by atoms with Gasteiger partial charge in [0.2, 0.25) is 11.8 Å². The summed E-state index contributed by atoms with van der Waals surface area (Å²) in [5, 5.41) is 12.4. The van der Waals surface area contributed by atoms with Crippen molar-refractivity contribution in [1.82, 2.24) is 25.8 Å². The molecular formula is C15H25N5O2. The molecule has 0 aliphatic heterocycles. The summed E-state index contributed by atoms with van der Waals surface area (Å²) < 4.78 is 0. The first kappa shape index (κ1) is 16.5. The molecule has 0 bridgehead atoms. The summed E-state index contributed by atoms with van der Waals surface area (Å²) >= 11 is 0. The predicted molar refractivity (Wildman–Crippen MR) is 81.7 cm³/mol. The van der Waals surface area contributed by atoms with Gasteiger partial charge in [-0.15, -0.1) is 0 Å². The average molecular weight is 307 g/mol. The summed E-state index contributed by atoms with van der Waals surface area (Å²) in [6.07, 6.45) is 6.61. The standard InChI is InChI=1S/C15H25N5O2/c1-3-12(14-16-9-17-20-14)19-13(21)8-10(2)18-15(22)11-6-4-5-7-11/h9-12H,3-8H2,1-2H3,(H,18,22)(H,19,21)(H,16,17,20)/t10-,12-/m0/s1. The molecule has 2 amide bonds. The van der Waals surface area contributed by atoms with Crippen LogP contribution in [-0.2, 0) is 9.59 Å². The number of rotatable bonds is 7. The summed E-state index contributed by atoms with van der Waals surface area (Å²) in [6, 6.07) is -0.340. The third kappa shape index (κ3) is 4.54. The van der Waals surface area contributed by atoms with Crippen LogP contribution in [0.3, 0.4) is 0 Å². The lowest BCUT2D eigenvalue weighted by molar-refractivity contribution is -0.126. The van der Waals surface area contributed by atoms with Crippen LogP contribution >= 0.6 is 0 Å². The quantitative estimate of drug-likeness (QED) is 0.710. The van der Waals surface area contributed by atoms with E-state index in [1.54, 1.807) is 0 Å². The molecule has 1 heterocycles. The van der Waals surface area contributed by atoms with Gasteiger partial charge in [0.05, 0.1) is 6.04 Å². The topological polar surface area (TPSA) is 99.8 Å². The van der Waals surface area contributed by atoms with Crippen molar-refractivity contribution < 1.29 is 9.59 Å². The summed E-state index contributed by atoms with van der Waals surface area (Å²) in [6.45, 7) is 3.83. The highest BCUT2D eigenvalue weighted by Crippen LogP contribution is 2.24. The van der Waals surface area contributed by atoms with Crippen LogP contribution in [0.5, 0.6) is 0 Å². The molecule has 0 saturated heterocycles. The number of aromatic amines is 1. The van der Waals surface area contributed by atoms with Crippen LogP contribution in [0.1, 0.15) is 64.2 Å². The lowest BCUT2D eigenvalue weighted by atomic mass is 10.1. The fraction of sp³-hybridized carbons (Fsp3) is 0.733. The van der Waals surface area contributed by atoms with E-state index in [4.69, 9.17) is 0 Å². The first-order chi connectivity index (χ1) is 10.6. The second kappa shape index (κ2) is 7.91. The summed E-state index contributed by atoms with van der Waals surface area (Å²) in [5.74, 6) is 0.768. The first-order valence-electron chi connectivity index (χ1n) is 8.05. The van der Waals surface area contributed by atoms with Crippen molar-refractivity contribution >= 4 is 11.8 Å². The zero-order chi connectivity index (χ0) is 15.9. The zero-order valence-electron chi connectivity index (χ0n) is 13.3. The molecule has 0 spiro atoms. The third-order valence-electron chi connectivity index (χ3n) is 4.11. The fourth-order valence-corrected chi connectivity index (χ4v) is 2.88. The lowest BCUT2D eigenvalue weighted by Crippen LogP contribution is -2.40. The molecule has 22 heavy (non-hydrogen) atoms. The maximum Gasteiger partial charge on any atom is 0.223 e. The molecule has 122 valence electrons. The number of amides is 2. The van der Waals surface area contributed by atoms with Gasteiger partial charge in [0.15, 0.2) is 0 Å². The number of nitrogens with one attached hydrogen (secondary N) is 3. The molecule has 1 fully saturated rings. The lowest BCUT2D eigenvalue weighted by Gasteiger charge is -2.19. The Kier molecular flexibility index (Phi) is 5.91. The van der Waals surface area contributed by atoms with Crippen LogP contribution < -0.4 is 10.6 Å². The minimum Gasteiger partial charge on any atom is -0.353 e. The van der Waals surface area contributed by atoms with Gasteiger partial charge in [-0.05, 0) is 26.2 Å². The van der Waals surface area contributed by atoms with E-state index in [1.807, 2.05) is 13.8 Å². The Labute approximate surface area is 130 Å². The van der Waals surface area contributed by atoms with E-state index in [2.05, 4.69) is 25.8 Å². The number of carbonyl (C=O) groups is 2. The van der Waals surface area contributed by atoms with E-state index in [0.717, 1.165) is 32.1 Å². The Morgan fingerprint density at radius 2 is 2.09 bits per heavy atom. The minimum atomic E-state index is -0.173. The zero-order valence-corrected chi connectivity index (χ0v) is 13.3. The summed E-state index contributed by atoms with van der Waals surface area (Å²) in [7, 11) is 0. The monoisotopic (exact) mass is 307 g/mol. The number of hydrogen-bond acceptors (Lipinski definition) is 4. The van der Waals surface area contributed by atoms with Gasteiger partial charge in [-0.2, -0.15) is 5.10 Å². The smallest absolute Gasteiger partial charge is 0.223 e.